The summed E-state index contributed by atoms with van der Waals surface area (Å²) in [6, 6.07) is 26.9. The maximum absolute atomic E-state index is 12.4. The first-order valence-electron chi connectivity index (χ1n) is 10.3. The van der Waals surface area contributed by atoms with Crippen LogP contribution in [0.2, 0.25) is 0 Å². The van der Waals surface area contributed by atoms with Gasteiger partial charge in [-0.25, -0.2) is 4.98 Å². The van der Waals surface area contributed by atoms with Gasteiger partial charge in [0, 0.05) is 26.2 Å². The summed E-state index contributed by atoms with van der Waals surface area (Å²) in [5.74, 6) is 0.983. The van der Waals surface area contributed by atoms with Crippen LogP contribution in [0.3, 0.4) is 0 Å². The SMILES string of the molecule is O=C1NCCn2c(CN(Cc3ccccc3)Cc3ccccc3)nc3cccc1c32. The summed E-state index contributed by atoms with van der Waals surface area (Å²) in [6.45, 7) is 3.74. The normalized spacial score (nSPS) is 13.4. The van der Waals surface area contributed by atoms with Gasteiger partial charge in [-0.15, -0.1) is 0 Å². The quantitative estimate of drug-likeness (QED) is 0.536. The molecule has 0 fully saturated rings. The maximum Gasteiger partial charge on any atom is 0.253 e. The second-order valence-corrected chi connectivity index (χ2v) is 7.73. The van der Waals surface area contributed by atoms with Crippen molar-refractivity contribution in [3.63, 3.8) is 0 Å². The Morgan fingerprint density at radius 2 is 1.50 bits per heavy atom. The molecular weight excluding hydrogens is 372 g/mol. The number of carbonyl (C=O) groups excluding carboxylic acids is 1. The van der Waals surface area contributed by atoms with E-state index in [4.69, 9.17) is 4.98 Å². The fraction of sp³-hybridized carbons (Fsp3) is 0.200. The van der Waals surface area contributed by atoms with Gasteiger partial charge in [-0.05, 0) is 23.3 Å². The fourth-order valence-corrected chi connectivity index (χ4v) is 4.21. The highest BCUT2D eigenvalue weighted by molar-refractivity contribution is 6.05. The Labute approximate surface area is 176 Å². The highest BCUT2D eigenvalue weighted by Gasteiger charge is 2.22. The molecule has 30 heavy (non-hydrogen) atoms. The molecule has 1 aromatic heterocycles. The number of carbonyl (C=O) groups is 1. The van der Waals surface area contributed by atoms with E-state index in [1.165, 1.54) is 11.1 Å². The van der Waals surface area contributed by atoms with E-state index in [2.05, 4.69) is 63.3 Å². The van der Waals surface area contributed by atoms with Crippen molar-refractivity contribution in [3.05, 3.63) is 101 Å². The van der Waals surface area contributed by atoms with E-state index in [0.29, 0.717) is 18.7 Å². The molecule has 0 atom stereocenters. The minimum absolute atomic E-state index is 0.0174. The molecule has 2 heterocycles. The number of rotatable bonds is 6. The fourth-order valence-electron chi connectivity index (χ4n) is 4.21. The average molecular weight is 396 g/mol. The van der Waals surface area contributed by atoms with Crippen LogP contribution in [0, 0.1) is 0 Å². The van der Waals surface area contributed by atoms with Crippen LogP contribution in [0.25, 0.3) is 11.0 Å². The summed E-state index contributed by atoms with van der Waals surface area (Å²) in [6.07, 6.45) is 0. The van der Waals surface area contributed by atoms with Gasteiger partial charge in [0.25, 0.3) is 5.91 Å². The number of hydrogen-bond donors (Lipinski definition) is 1. The molecule has 0 unspecified atom stereocenters. The lowest BCUT2D eigenvalue weighted by molar-refractivity contribution is 0.0956. The van der Waals surface area contributed by atoms with Crippen LogP contribution >= 0.6 is 0 Å². The molecular formula is C25H24N4O. The zero-order valence-corrected chi connectivity index (χ0v) is 16.8. The molecule has 0 radical (unpaired) electrons. The van der Waals surface area contributed by atoms with E-state index in [-0.39, 0.29) is 5.91 Å². The van der Waals surface area contributed by atoms with E-state index in [9.17, 15) is 4.79 Å². The van der Waals surface area contributed by atoms with Crippen molar-refractivity contribution in [2.24, 2.45) is 0 Å². The molecule has 3 aromatic carbocycles. The number of imidazole rings is 1. The van der Waals surface area contributed by atoms with Crippen LogP contribution in [0.15, 0.2) is 78.9 Å². The number of nitrogens with one attached hydrogen (secondary N) is 1. The molecule has 1 N–H and O–H groups in total. The van der Waals surface area contributed by atoms with Crippen molar-refractivity contribution in [1.82, 2.24) is 19.8 Å². The van der Waals surface area contributed by atoms with Crippen LogP contribution in [-0.2, 0) is 26.2 Å². The molecule has 0 bridgehead atoms. The minimum Gasteiger partial charge on any atom is -0.350 e. The molecule has 0 spiro atoms. The molecule has 1 aliphatic rings. The summed E-state index contributed by atoms with van der Waals surface area (Å²) in [4.78, 5) is 19.8. The van der Waals surface area contributed by atoms with Crippen molar-refractivity contribution >= 4 is 16.9 Å². The lowest BCUT2D eigenvalue weighted by Gasteiger charge is -2.23. The number of para-hydroxylation sites is 1. The van der Waals surface area contributed by atoms with Crippen molar-refractivity contribution in [2.75, 3.05) is 6.54 Å². The number of benzene rings is 3. The van der Waals surface area contributed by atoms with Crippen molar-refractivity contribution in [1.29, 1.82) is 0 Å². The number of amides is 1. The van der Waals surface area contributed by atoms with Crippen molar-refractivity contribution < 1.29 is 4.79 Å². The van der Waals surface area contributed by atoms with E-state index in [1.54, 1.807) is 0 Å². The predicted molar refractivity (Wildman–Crippen MR) is 118 cm³/mol. The molecule has 0 saturated heterocycles. The second kappa shape index (κ2) is 8.13. The van der Waals surface area contributed by atoms with Gasteiger partial charge >= 0.3 is 0 Å². The first kappa shape index (κ1) is 18.6. The number of aromatic nitrogens is 2. The molecule has 5 heteroatoms. The highest BCUT2D eigenvalue weighted by Crippen LogP contribution is 2.24. The maximum atomic E-state index is 12.4. The third-order valence-corrected chi connectivity index (χ3v) is 5.57. The molecule has 4 aromatic rings. The topological polar surface area (TPSA) is 50.2 Å². The van der Waals surface area contributed by atoms with Crippen molar-refractivity contribution in [2.45, 2.75) is 26.2 Å². The van der Waals surface area contributed by atoms with Gasteiger partial charge in [0.2, 0.25) is 0 Å². The van der Waals surface area contributed by atoms with E-state index in [1.807, 2.05) is 30.3 Å². The number of hydrogen-bond acceptors (Lipinski definition) is 3. The molecule has 0 aliphatic carbocycles. The van der Waals surface area contributed by atoms with Crippen molar-refractivity contribution in [3.8, 4) is 0 Å². The third-order valence-electron chi connectivity index (χ3n) is 5.57. The van der Waals surface area contributed by atoms with E-state index in [0.717, 1.165) is 36.5 Å². The minimum atomic E-state index is -0.0174. The Bertz CT molecular complexity index is 1130. The first-order chi connectivity index (χ1) is 14.8. The molecule has 150 valence electrons. The van der Waals surface area contributed by atoms with Gasteiger partial charge in [0.15, 0.2) is 0 Å². The molecule has 1 amide bonds. The molecule has 0 saturated carbocycles. The summed E-state index contributed by atoms with van der Waals surface area (Å²) < 4.78 is 2.21. The molecule has 5 rings (SSSR count). The Morgan fingerprint density at radius 3 is 2.17 bits per heavy atom. The van der Waals surface area contributed by atoms with E-state index >= 15 is 0 Å². The summed E-state index contributed by atoms with van der Waals surface area (Å²) in [5.41, 5.74) is 5.10. The van der Waals surface area contributed by atoms with Gasteiger partial charge in [0.1, 0.15) is 5.82 Å². The Kier molecular flexibility index (Phi) is 5.03. The average Bonchev–Trinajstić information content (AvgIpc) is 3.02. The first-order valence-corrected chi connectivity index (χ1v) is 10.3. The van der Waals surface area contributed by atoms with Crippen LogP contribution in [0.1, 0.15) is 27.3 Å². The van der Waals surface area contributed by atoms with Crippen LogP contribution in [-0.4, -0.2) is 26.9 Å². The Balaban J connectivity index is 1.51. The predicted octanol–water partition coefficient (Wildman–Crippen LogP) is 3.98. The van der Waals surface area contributed by atoms with Gasteiger partial charge in [0.05, 0.1) is 23.1 Å². The second-order valence-electron chi connectivity index (χ2n) is 7.73. The zero-order chi connectivity index (χ0) is 20.3. The van der Waals surface area contributed by atoms with Crippen LogP contribution in [0.4, 0.5) is 0 Å². The third kappa shape index (κ3) is 3.72. The Morgan fingerprint density at radius 1 is 0.833 bits per heavy atom. The molecule has 1 aliphatic heterocycles. The van der Waals surface area contributed by atoms with Gasteiger partial charge in [-0.2, -0.15) is 0 Å². The lowest BCUT2D eigenvalue weighted by atomic mass is 10.1. The van der Waals surface area contributed by atoms with Crippen LogP contribution in [0.5, 0.6) is 0 Å². The van der Waals surface area contributed by atoms with Gasteiger partial charge < -0.3 is 9.88 Å². The Hall–Kier alpha value is -3.44. The monoisotopic (exact) mass is 396 g/mol. The molecule has 5 nitrogen and oxygen atoms in total. The van der Waals surface area contributed by atoms with Gasteiger partial charge in [-0.1, -0.05) is 66.7 Å². The van der Waals surface area contributed by atoms with Crippen LogP contribution < -0.4 is 5.32 Å². The highest BCUT2D eigenvalue weighted by atomic mass is 16.1. The lowest BCUT2D eigenvalue weighted by Crippen LogP contribution is -2.26. The standard InChI is InChI=1S/C25H24N4O/c30-25-21-12-7-13-22-24(21)29(15-14-26-25)23(27-22)18-28(16-19-8-3-1-4-9-19)17-20-10-5-2-6-11-20/h1-13H,14-18H2,(H,26,30). The summed E-state index contributed by atoms with van der Waals surface area (Å²) >= 11 is 0. The van der Waals surface area contributed by atoms with Gasteiger partial charge in [-0.3, -0.25) is 9.69 Å². The zero-order valence-electron chi connectivity index (χ0n) is 16.8. The summed E-state index contributed by atoms with van der Waals surface area (Å²) in [5, 5.41) is 3.00. The number of nitrogens with zero attached hydrogens (tertiary/aromatic N) is 3. The smallest absolute Gasteiger partial charge is 0.253 e. The summed E-state index contributed by atoms with van der Waals surface area (Å²) in [7, 11) is 0. The van der Waals surface area contributed by atoms with E-state index < -0.39 is 0 Å². The largest absolute Gasteiger partial charge is 0.350 e.